The van der Waals surface area contributed by atoms with Gasteiger partial charge in [0.1, 0.15) is 0 Å². The highest BCUT2D eigenvalue weighted by atomic mass is 16.4. The Morgan fingerprint density at radius 3 is 1.59 bits per heavy atom. The van der Waals surface area contributed by atoms with Gasteiger partial charge in [0.2, 0.25) is 0 Å². The minimum atomic E-state index is -1.03. The van der Waals surface area contributed by atoms with Gasteiger partial charge < -0.3 is 10.2 Å². The molecule has 0 aliphatic rings. The summed E-state index contributed by atoms with van der Waals surface area (Å²) >= 11 is 0. The SMILES string of the molecule is CC(C)CCCCCCCc1ccc(C(=O)O)c(CCCCCCCC(C)C)c1C(=O)O. The van der Waals surface area contributed by atoms with Crippen LogP contribution in [0.4, 0.5) is 0 Å². The van der Waals surface area contributed by atoms with Crippen molar-refractivity contribution in [2.75, 3.05) is 0 Å². The van der Waals surface area contributed by atoms with Crippen LogP contribution >= 0.6 is 0 Å². The summed E-state index contributed by atoms with van der Waals surface area (Å²) in [5, 5.41) is 19.5. The molecule has 1 rings (SSSR count). The lowest BCUT2D eigenvalue weighted by Crippen LogP contribution is -2.13. The maximum Gasteiger partial charge on any atom is 0.336 e. The van der Waals surface area contributed by atoms with Crippen LogP contribution in [0.5, 0.6) is 0 Å². The van der Waals surface area contributed by atoms with Crippen LogP contribution in [0.3, 0.4) is 0 Å². The average Bonchev–Trinajstić information content (AvgIpc) is 2.71. The normalized spacial score (nSPS) is 11.4. The van der Waals surface area contributed by atoms with E-state index < -0.39 is 11.9 Å². The number of aryl methyl sites for hydroxylation is 1. The Morgan fingerprint density at radius 1 is 0.656 bits per heavy atom. The van der Waals surface area contributed by atoms with Gasteiger partial charge in [0.15, 0.2) is 0 Å². The smallest absolute Gasteiger partial charge is 0.336 e. The zero-order valence-corrected chi connectivity index (χ0v) is 20.9. The zero-order valence-electron chi connectivity index (χ0n) is 20.9. The van der Waals surface area contributed by atoms with Gasteiger partial charge in [-0.15, -0.1) is 0 Å². The van der Waals surface area contributed by atoms with E-state index >= 15 is 0 Å². The highest BCUT2D eigenvalue weighted by Gasteiger charge is 2.21. The third-order valence-corrected chi connectivity index (χ3v) is 6.28. The van der Waals surface area contributed by atoms with Crippen molar-refractivity contribution < 1.29 is 19.8 Å². The molecule has 0 heterocycles. The van der Waals surface area contributed by atoms with Gasteiger partial charge in [-0.25, -0.2) is 9.59 Å². The molecule has 32 heavy (non-hydrogen) atoms. The molecule has 4 nitrogen and oxygen atoms in total. The third kappa shape index (κ3) is 11.2. The lowest BCUT2D eigenvalue weighted by molar-refractivity contribution is 0.0694. The minimum absolute atomic E-state index is 0.152. The molecule has 0 aromatic heterocycles. The Bertz CT molecular complexity index is 691. The predicted octanol–water partition coefficient (Wildman–Crippen LogP) is 8.16. The summed E-state index contributed by atoms with van der Waals surface area (Å²) in [5.41, 5.74) is 1.70. The number of carboxylic acids is 2. The summed E-state index contributed by atoms with van der Waals surface area (Å²) in [5.74, 6) is -0.545. The van der Waals surface area contributed by atoms with E-state index in [1.807, 2.05) is 0 Å². The zero-order chi connectivity index (χ0) is 23.9. The molecule has 1 aromatic rings. The fourth-order valence-corrected chi connectivity index (χ4v) is 4.41. The summed E-state index contributed by atoms with van der Waals surface area (Å²) in [4.78, 5) is 23.9. The van der Waals surface area contributed by atoms with E-state index in [2.05, 4.69) is 27.7 Å². The van der Waals surface area contributed by atoms with Crippen molar-refractivity contribution in [2.45, 2.75) is 118 Å². The lowest BCUT2D eigenvalue weighted by Gasteiger charge is -2.15. The largest absolute Gasteiger partial charge is 0.478 e. The molecule has 0 aliphatic heterocycles. The molecule has 0 saturated heterocycles. The number of hydrogen-bond donors (Lipinski definition) is 2. The molecule has 0 saturated carbocycles. The molecule has 0 fully saturated rings. The number of carbonyl (C=O) groups is 2. The molecule has 0 spiro atoms. The topological polar surface area (TPSA) is 74.6 Å². The van der Waals surface area contributed by atoms with Gasteiger partial charge in [-0.1, -0.05) is 98.0 Å². The van der Waals surface area contributed by atoms with Crippen LogP contribution in [-0.2, 0) is 12.8 Å². The first-order valence-electron chi connectivity index (χ1n) is 12.8. The summed E-state index contributed by atoms with van der Waals surface area (Å²) in [6.45, 7) is 8.97. The molecule has 2 N–H and O–H groups in total. The van der Waals surface area contributed by atoms with Crippen molar-refractivity contribution in [2.24, 2.45) is 11.8 Å². The third-order valence-electron chi connectivity index (χ3n) is 6.28. The Labute approximate surface area is 195 Å². The van der Waals surface area contributed by atoms with Gasteiger partial charge in [-0.2, -0.15) is 0 Å². The van der Waals surface area contributed by atoms with Crippen LogP contribution in [0.1, 0.15) is 137 Å². The summed E-state index contributed by atoms with van der Waals surface area (Å²) in [7, 11) is 0. The van der Waals surface area contributed by atoms with Gasteiger partial charge >= 0.3 is 11.9 Å². The monoisotopic (exact) mass is 446 g/mol. The van der Waals surface area contributed by atoms with E-state index in [9.17, 15) is 19.8 Å². The second-order valence-electron chi connectivity index (χ2n) is 10.1. The maximum atomic E-state index is 12.1. The molecule has 1 aromatic carbocycles. The highest BCUT2D eigenvalue weighted by molar-refractivity contribution is 5.97. The van der Waals surface area contributed by atoms with Crippen LogP contribution in [0.25, 0.3) is 0 Å². The molecule has 0 radical (unpaired) electrons. The van der Waals surface area contributed by atoms with Gasteiger partial charge in [-0.05, 0) is 54.7 Å². The first kappa shape index (κ1) is 28.2. The number of unbranched alkanes of at least 4 members (excludes halogenated alkanes) is 8. The standard InChI is InChI=1S/C28H46O4/c1-21(2)15-11-7-5-9-13-17-23-19-20-25(27(29)30)24(26(23)28(31)32)18-14-10-6-8-12-16-22(3)4/h19-22H,5-18H2,1-4H3,(H,29,30)(H,31,32). The Hall–Kier alpha value is -1.84. The number of aromatic carboxylic acids is 2. The first-order chi connectivity index (χ1) is 15.2. The van der Waals surface area contributed by atoms with Crippen molar-refractivity contribution in [3.63, 3.8) is 0 Å². The van der Waals surface area contributed by atoms with E-state index in [0.717, 1.165) is 49.5 Å². The second-order valence-corrected chi connectivity index (χ2v) is 10.1. The second kappa shape index (κ2) is 15.9. The van der Waals surface area contributed by atoms with Crippen LogP contribution in [0, 0.1) is 11.8 Å². The van der Waals surface area contributed by atoms with Crippen molar-refractivity contribution in [3.8, 4) is 0 Å². The first-order valence-corrected chi connectivity index (χ1v) is 12.8. The van der Waals surface area contributed by atoms with Crippen molar-refractivity contribution >= 4 is 11.9 Å². The molecular formula is C28H46O4. The van der Waals surface area contributed by atoms with E-state index in [-0.39, 0.29) is 11.1 Å². The molecule has 0 atom stereocenters. The van der Waals surface area contributed by atoms with Crippen LogP contribution in [0.2, 0.25) is 0 Å². The predicted molar refractivity (Wildman–Crippen MR) is 133 cm³/mol. The fourth-order valence-electron chi connectivity index (χ4n) is 4.41. The van der Waals surface area contributed by atoms with Crippen molar-refractivity contribution in [1.29, 1.82) is 0 Å². The molecular weight excluding hydrogens is 400 g/mol. The van der Waals surface area contributed by atoms with Crippen molar-refractivity contribution in [1.82, 2.24) is 0 Å². The summed E-state index contributed by atoms with van der Waals surface area (Å²) in [6, 6.07) is 3.34. The summed E-state index contributed by atoms with van der Waals surface area (Å²) < 4.78 is 0. The number of benzene rings is 1. The molecule has 0 unspecified atom stereocenters. The average molecular weight is 447 g/mol. The van der Waals surface area contributed by atoms with Crippen LogP contribution in [-0.4, -0.2) is 22.2 Å². The molecule has 0 bridgehead atoms. The van der Waals surface area contributed by atoms with Gasteiger partial charge in [-0.3, -0.25) is 0 Å². The Morgan fingerprint density at radius 2 is 1.12 bits per heavy atom. The van der Waals surface area contributed by atoms with E-state index in [1.165, 1.54) is 44.9 Å². The van der Waals surface area contributed by atoms with Gasteiger partial charge in [0, 0.05) is 0 Å². The Balaban J connectivity index is 2.69. The number of carboxylic acid groups (broad SMARTS) is 2. The van der Waals surface area contributed by atoms with Gasteiger partial charge in [0.05, 0.1) is 11.1 Å². The lowest BCUT2D eigenvalue weighted by atomic mass is 9.89. The minimum Gasteiger partial charge on any atom is -0.478 e. The number of hydrogen-bond acceptors (Lipinski definition) is 2. The molecule has 182 valence electrons. The Kier molecular flexibility index (Phi) is 14.0. The van der Waals surface area contributed by atoms with Gasteiger partial charge in [0.25, 0.3) is 0 Å². The highest BCUT2D eigenvalue weighted by Crippen LogP contribution is 2.25. The van der Waals surface area contributed by atoms with Crippen molar-refractivity contribution in [3.05, 3.63) is 34.4 Å². The van der Waals surface area contributed by atoms with E-state index in [0.29, 0.717) is 18.4 Å². The molecule has 4 heteroatoms. The quantitative estimate of drug-likeness (QED) is 0.223. The maximum absolute atomic E-state index is 12.1. The van der Waals surface area contributed by atoms with Crippen LogP contribution < -0.4 is 0 Å². The van der Waals surface area contributed by atoms with E-state index in [1.54, 1.807) is 12.1 Å². The van der Waals surface area contributed by atoms with Crippen LogP contribution in [0.15, 0.2) is 12.1 Å². The molecule has 0 amide bonds. The fraction of sp³-hybridized carbons (Fsp3) is 0.714. The summed E-state index contributed by atoms with van der Waals surface area (Å²) in [6.07, 6.45) is 14.8. The molecule has 0 aliphatic carbocycles. The number of rotatable bonds is 18. The van der Waals surface area contributed by atoms with E-state index in [4.69, 9.17) is 0 Å².